The van der Waals surface area contributed by atoms with E-state index in [4.69, 9.17) is 4.74 Å². The molecule has 0 aliphatic carbocycles. The molecule has 19 heavy (non-hydrogen) atoms. The molecule has 0 bridgehead atoms. The SMILES string of the molecule is CCCNC(Cc1ccc(F)cc1C)C(C)(C)OC. The molecule has 0 amide bonds. The average molecular weight is 267 g/mol. The van der Waals surface area contributed by atoms with Crippen molar-refractivity contribution in [1.82, 2.24) is 5.32 Å². The molecule has 0 radical (unpaired) electrons. The Balaban J connectivity index is 2.87. The van der Waals surface area contributed by atoms with E-state index in [0.29, 0.717) is 0 Å². The van der Waals surface area contributed by atoms with Crippen molar-refractivity contribution in [2.45, 2.75) is 52.2 Å². The van der Waals surface area contributed by atoms with Crippen LogP contribution < -0.4 is 5.32 Å². The highest BCUT2D eigenvalue weighted by Gasteiger charge is 2.29. The quantitative estimate of drug-likeness (QED) is 0.816. The van der Waals surface area contributed by atoms with E-state index in [-0.39, 0.29) is 17.5 Å². The first-order valence-corrected chi connectivity index (χ1v) is 6.94. The molecule has 1 rings (SSSR count). The molecule has 1 aromatic rings. The Morgan fingerprint density at radius 2 is 2.05 bits per heavy atom. The van der Waals surface area contributed by atoms with Crippen LogP contribution in [0.1, 0.15) is 38.3 Å². The summed E-state index contributed by atoms with van der Waals surface area (Å²) in [6, 6.07) is 5.20. The van der Waals surface area contributed by atoms with Crippen molar-refractivity contribution in [3.63, 3.8) is 0 Å². The molecule has 0 spiro atoms. The van der Waals surface area contributed by atoms with E-state index in [1.165, 1.54) is 11.6 Å². The van der Waals surface area contributed by atoms with E-state index in [1.54, 1.807) is 13.2 Å². The Kier molecular flexibility index (Phi) is 5.95. The van der Waals surface area contributed by atoms with Crippen molar-refractivity contribution in [3.8, 4) is 0 Å². The van der Waals surface area contributed by atoms with E-state index in [1.807, 2.05) is 13.0 Å². The molecule has 0 saturated heterocycles. The summed E-state index contributed by atoms with van der Waals surface area (Å²) in [5.41, 5.74) is 1.91. The maximum Gasteiger partial charge on any atom is 0.123 e. The summed E-state index contributed by atoms with van der Waals surface area (Å²) in [4.78, 5) is 0. The Morgan fingerprint density at radius 1 is 1.37 bits per heavy atom. The second-order valence-electron chi connectivity index (χ2n) is 5.59. The van der Waals surface area contributed by atoms with Crippen LogP contribution in [0.25, 0.3) is 0 Å². The Labute approximate surface area is 116 Å². The fourth-order valence-corrected chi connectivity index (χ4v) is 2.13. The van der Waals surface area contributed by atoms with Gasteiger partial charge in [0, 0.05) is 13.2 Å². The molecule has 3 heteroatoms. The lowest BCUT2D eigenvalue weighted by molar-refractivity contribution is -0.0100. The molecule has 1 atom stereocenters. The zero-order chi connectivity index (χ0) is 14.5. The van der Waals surface area contributed by atoms with E-state index >= 15 is 0 Å². The molecule has 0 aliphatic rings. The van der Waals surface area contributed by atoms with Crippen LogP contribution in [0.2, 0.25) is 0 Å². The Morgan fingerprint density at radius 3 is 2.58 bits per heavy atom. The van der Waals surface area contributed by atoms with Crippen LogP contribution in [-0.2, 0) is 11.2 Å². The lowest BCUT2D eigenvalue weighted by atomic mass is 9.90. The van der Waals surface area contributed by atoms with Gasteiger partial charge < -0.3 is 10.1 Å². The lowest BCUT2D eigenvalue weighted by Gasteiger charge is -2.34. The first-order chi connectivity index (χ1) is 8.90. The van der Waals surface area contributed by atoms with Crippen LogP contribution in [0.4, 0.5) is 4.39 Å². The minimum Gasteiger partial charge on any atom is -0.377 e. The molecule has 1 unspecified atom stereocenters. The summed E-state index contributed by atoms with van der Waals surface area (Å²) in [6.07, 6.45) is 1.92. The van der Waals surface area contributed by atoms with Gasteiger partial charge in [-0.2, -0.15) is 0 Å². The molecule has 2 nitrogen and oxygen atoms in total. The molecule has 1 aromatic carbocycles. The fourth-order valence-electron chi connectivity index (χ4n) is 2.13. The Bertz CT molecular complexity index is 404. The summed E-state index contributed by atoms with van der Waals surface area (Å²) in [5.74, 6) is -0.176. The summed E-state index contributed by atoms with van der Waals surface area (Å²) in [7, 11) is 1.73. The maximum atomic E-state index is 13.1. The summed E-state index contributed by atoms with van der Waals surface area (Å²) >= 11 is 0. The van der Waals surface area contributed by atoms with Gasteiger partial charge in [0.1, 0.15) is 5.82 Å². The summed E-state index contributed by atoms with van der Waals surface area (Å²) < 4.78 is 18.7. The van der Waals surface area contributed by atoms with Gasteiger partial charge in [0.2, 0.25) is 0 Å². The van der Waals surface area contributed by atoms with Crippen molar-refractivity contribution in [2.75, 3.05) is 13.7 Å². The second-order valence-corrected chi connectivity index (χ2v) is 5.59. The molecule has 0 fully saturated rings. The van der Waals surface area contributed by atoms with Gasteiger partial charge in [0.05, 0.1) is 5.60 Å². The predicted molar refractivity (Wildman–Crippen MR) is 78.0 cm³/mol. The number of benzene rings is 1. The molecule has 0 aliphatic heterocycles. The highest BCUT2D eigenvalue weighted by molar-refractivity contribution is 5.27. The van der Waals surface area contributed by atoms with Crippen LogP contribution in [0.15, 0.2) is 18.2 Å². The van der Waals surface area contributed by atoms with Crippen molar-refractivity contribution < 1.29 is 9.13 Å². The van der Waals surface area contributed by atoms with E-state index in [2.05, 4.69) is 26.1 Å². The topological polar surface area (TPSA) is 21.3 Å². The van der Waals surface area contributed by atoms with Gasteiger partial charge in [-0.15, -0.1) is 0 Å². The van der Waals surface area contributed by atoms with Gasteiger partial charge in [-0.3, -0.25) is 0 Å². The number of halogens is 1. The largest absolute Gasteiger partial charge is 0.377 e. The minimum absolute atomic E-state index is 0.176. The van der Waals surface area contributed by atoms with Crippen molar-refractivity contribution in [2.24, 2.45) is 0 Å². The highest BCUT2D eigenvalue weighted by Crippen LogP contribution is 2.20. The smallest absolute Gasteiger partial charge is 0.123 e. The van der Waals surface area contributed by atoms with Gasteiger partial charge in [0.15, 0.2) is 0 Å². The zero-order valence-corrected chi connectivity index (χ0v) is 12.7. The summed E-state index contributed by atoms with van der Waals surface area (Å²) in [6.45, 7) is 9.22. The third-order valence-electron chi connectivity index (χ3n) is 3.73. The van der Waals surface area contributed by atoms with Crippen LogP contribution in [-0.4, -0.2) is 25.3 Å². The van der Waals surface area contributed by atoms with Gasteiger partial charge in [-0.25, -0.2) is 4.39 Å². The average Bonchev–Trinajstić information content (AvgIpc) is 2.36. The fraction of sp³-hybridized carbons (Fsp3) is 0.625. The van der Waals surface area contributed by atoms with Crippen LogP contribution in [0.5, 0.6) is 0 Å². The number of aryl methyl sites for hydroxylation is 1. The van der Waals surface area contributed by atoms with Gasteiger partial charge in [0.25, 0.3) is 0 Å². The maximum absolute atomic E-state index is 13.1. The number of hydrogen-bond donors (Lipinski definition) is 1. The lowest BCUT2D eigenvalue weighted by Crippen LogP contribution is -2.49. The van der Waals surface area contributed by atoms with Gasteiger partial charge in [-0.1, -0.05) is 13.0 Å². The molecule has 0 aromatic heterocycles. The number of nitrogens with one attached hydrogen (secondary N) is 1. The number of methoxy groups -OCH3 is 1. The number of hydrogen-bond acceptors (Lipinski definition) is 2. The number of ether oxygens (including phenoxy) is 1. The van der Waals surface area contributed by atoms with E-state index in [0.717, 1.165) is 24.9 Å². The highest BCUT2D eigenvalue weighted by atomic mass is 19.1. The van der Waals surface area contributed by atoms with Crippen molar-refractivity contribution in [1.29, 1.82) is 0 Å². The van der Waals surface area contributed by atoms with Gasteiger partial charge >= 0.3 is 0 Å². The molecule has 108 valence electrons. The van der Waals surface area contributed by atoms with Crippen LogP contribution >= 0.6 is 0 Å². The zero-order valence-electron chi connectivity index (χ0n) is 12.7. The first-order valence-electron chi connectivity index (χ1n) is 6.94. The minimum atomic E-state index is -0.254. The molecule has 0 saturated carbocycles. The standard InChI is InChI=1S/C16H26FNO/c1-6-9-18-15(16(3,4)19-5)11-13-7-8-14(17)10-12(13)2/h7-8,10,15,18H,6,9,11H2,1-5H3. The third kappa shape index (κ3) is 4.59. The van der Waals surface area contributed by atoms with Crippen molar-refractivity contribution in [3.05, 3.63) is 35.1 Å². The van der Waals surface area contributed by atoms with Crippen molar-refractivity contribution >= 4 is 0 Å². The van der Waals surface area contributed by atoms with Crippen LogP contribution in [0.3, 0.4) is 0 Å². The van der Waals surface area contributed by atoms with E-state index < -0.39 is 0 Å². The van der Waals surface area contributed by atoms with Crippen LogP contribution in [0, 0.1) is 12.7 Å². The Hall–Kier alpha value is -0.930. The van der Waals surface area contributed by atoms with Gasteiger partial charge in [-0.05, 0) is 63.4 Å². The first kappa shape index (κ1) is 16.1. The molecule has 1 N–H and O–H groups in total. The normalized spacial score (nSPS) is 13.6. The molecule has 0 heterocycles. The second kappa shape index (κ2) is 7.01. The predicted octanol–water partition coefficient (Wildman–Crippen LogP) is 3.47. The monoisotopic (exact) mass is 267 g/mol. The third-order valence-corrected chi connectivity index (χ3v) is 3.73. The molecular formula is C16H26FNO. The summed E-state index contributed by atoms with van der Waals surface area (Å²) in [5, 5.41) is 3.53. The van der Waals surface area contributed by atoms with E-state index in [9.17, 15) is 4.39 Å². The number of rotatable bonds is 7. The molecular weight excluding hydrogens is 241 g/mol.